The molecule has 6 aromatic carbocycles. The van der Waals surface area contributed by atoms with Crippen molar-refractivity contribution in [3.63, 3.8) is 0 Å². The third kappa shape index (κ3) is 22.2. The fourth-order valence-electron chi connectivity index (χ4n) is 25.3. The monoisotopic (exact) mass is 2020 g/mol. The van der Waals surface area contributed by atoms with Crippen LogP contribution in [0.15, 0.2) is 227 Å². The largest absolute Gasteiger partial charge is 0.497 e. The van der Waals surface area contributed by atoms with Gasteiger partial charge in [-0.3, -0.25) is 35.0 Å². The fourth-order valence-corrected chi connectivity index (χ4v) is 25.8. The quantitative estimate of drug-likeness (QED) is 0.0100. The molecule has 24 rings (SSSR count). The summed E-state index contributed by atoms with van der Waals surface area (Å²) in [5, 5.41) is 64.5. The molecule has 0 amide bonds. The number of quaternary nitrogens is 4. The Morgan fingerprint density at radius 2 is 0.772 bits per heavy atom. The van der Waals surface area contributed by atoms with E-state index in [1.54, 1.807) is 60.2 Å². The second-order valence-electron chi connectivity index (χ2n) is 39.4. The number of benzene rings is 6. The van der Waals surface area contributed by atoms with Gasteiger partial charge >= 0.3 is 6.01 Å². The molecule has 12 aliphatic rings. The van der Waals surface area contributed by atoms with E-state index in [0.717, 1.165) is 212 Å². The molecule has 0 radical (unpaired) electrons. The summed E-state index contributed by atoms with van der Waals surface area (Å²) in [5.41, 5.74) is 10.5. The molecule has 27 nitrogen and oxygen atoms in total. The van der Waals surface area contributed by atoms with Crippen molar-refractivity contribution in [2.24, 2.45) is 47.3 Å². The second-order valence-corrected chi connectivity index (χ2v) is 40.2. The molecular formula is C116H144Cl2N12O15. The molecule has 20 atom stereocenters. The van der Waals surface area contributed by atoms with Crippen LogP contribution < -0.4 is 42.6 Å². The third-order valence-electron chi connectivity index (χ3n) is 32.5. The molecule has 12 aromatic rings. The molecule has 12 aliphatic heterocycles. The number of rotatable bonds is 32. The van der Waals surface area contributed by atoms with Crippen LogP contribution in [0.3, 0.4) is 0 Å². The Balaban J connectivity index is 0.000000161. The molecule has 145 heavy (non-hydrogen) atoms. The van der Waals surface area contributed by atoms with Crippen molar-refractivity contribution in [3.05, 3.63) is 322 Å². The van der Waals surface area contributed by atoms with Crippen LogP contribution in [0.1, 0.15) is 134 Å². The Labute approximate surface area is 864 Å². The predicted molar refractivity (Wildman–Crippen MR) is 572 cm³/mol. The minimum absolute atomic E-state index is 0. The molecule has 12 saturated heterocycles. The Morgan fingerprint density at radius 1 is 0.414 bits per heavy atom. The number of pyridine rings is 5. The van der Waals surface area contributed by atoms with Crippen LogP contribution in [0, 0.1) is 87.2 Å². The first-order valence-electron chi connectivity index (χ1n) is 49.2. The van der Waals surface area contributed by atoms with E-state index in [9.17, 15) is 30.5 Å². The highest BCUT2D eigenvalue weighted by molar-refractivity contribution is 6.43. The highest BCUT2D eigenvalue weighted by Crippen LogP contribution is 2.55. The summed E-state index contributed by atoms with van der Waals surface area (Å²) in [7, 11) is 11.2. The van der Waals surface area contributed by atoms with E-state index in [1.165, 1.54) is 32.3 Å². The summed E-state index contributed by atoms with van der Waals surface area (Å²) < 4.78 is 52.3. The number of fused-ring (bicyclic) bond motifs is 16. The number of hydrogen-bond acceptors (Lipinski definition) is 22. The van der Waals surface area contributed by atoms with Crippen LogP contribution in [0.25, 0.3) is 43.6 Å². The van der Waals surface area contributed by atoms with Gasteiger partial charge < -0.3 is 111 Å². The average Bonchev–Trinajstić information content (AvgIpc) is 0.739. The lowest BCUT2D eigenvalue weighted by molar-refractivity contribution is -0.985. The molecule has 0 aliphatic carbocycles. The molecule has 12 unspecified atom stereocenters. The standard InChI is InChI=1S/C29H37N4O4.C29H34N3O6.C28H31Cl2N2O3.C26H30N3O2.4CH3/c1-5-19-17-33(18-21-15-27(36-6-2)32-29(31-21)37-7-3)13-11-20(19)14-26(33)28(34)23-10-12-30-25-9-8-22(35-4)16-24(23)25;1-5-18-16-32(17-20-13-27(37-3)28(38-4)15-25(20)31(34)35)11-9-19(18)12-26(32)29(33)22-8-10-30-24-7-6-21(36-2)14-23(22)24;1-4-17-15-32(16-19-5-8-25(35-3)27(30)26(19)29)12-10-18(17)13-24(32)28(33)21-9-11-31-23-7-6-20(34-2)14-22(21)23;1-3-19-17-29(16-18-5-4-10-27-15-18)12-9-20(19)13-25(29)26(30)22-8-11-28-24-7-6-21(31-2)14-23(22)24;;;;/h5,8-10,12,15-16,19-20,26,28,34H,1,6-7,11,13-14,17-18H2,2-4H3;5-8,10,13-15,18-19,26,29,33H,1,9,11-12,16-17H2,2-4H3;4-9,11,14,17-18,24,28,33H,1,10,12-13,15-16H2,2-3H3;3-8,10-11,14-15,19-20,25-26,30H,1,9,12-13,16-17H2,2H3;4*1H3/q4*+1;4*-1/t19?,20?,26-,28+,33?;18?,19?,26-,29+,32?;17?,18?,24-,28+,32?;19?,20?,25-,26+,29?;;;;/m0000..../s1. The maximum absolute atomic E-state index is 12.1. The first-order valence-corrected chi connectivity index (χ1v) is 49.9. The van der Waals surface area contributed by atoms with E-state index >= 15 is 0 Å². The zero-order valence-electron chi connectivity index (χ0n) is 86.1. The maximum Gasteiger partial charge on any atom is 0.320 e. The minimum atomic E-state index is -0.791. The highest BCUT2D eigenvalue weighted by Gasteiger charge is 2.59. The predicted octanol–water partition coefficient (Wildman–Crippen LogP) is 21.6. The van der Waals surface area contributed by atoms with Crippen LogP contribution in [-0.2, 0) is 26.2 Å². The van der Waals surface area contributed by atoms with Gasteiger partial charge in [-0.2, -0.15) is 9.97 Å². The molecule has 6 aromatic heterocycles. The summed E-state index contributed by atoms with van der Waals surface area (Å²) in [6.07, 6.45) is 24.6. The normalized spacial score (nSPS) is 25.6. The smallest absolute Gasteiger partial charge is 0.320 e. The molecular weight excluding hydrogens is 1870 g/mol. The van der Waals surface area contributed by atoms with Gasteiger partial charge in [0.25, 0.3) is 5.69 Å². The van der Waals surface area contributed by atoms with Gasteiger partial charge in [0.1, 0.15) is 114 Å². The van der Waals surface area contributed by atoms with E-state index in [4.69, 9.17) is 70.8 Å². The lowest BCUT2D eigenvalue weighted by Crippen LogP contribution is -2.67. The lowest BCUT2D eigenvalue weighted by Gasteiger charge is -2.58. The summed E-state index contributed by atoms with van der Waals surface area (Å²) in [6.45, 7) is 31.4. The summed E-state index contributed by atoms with van der Waals surface area (Å²) >= 11 is 13.2. The molecule has 0 saturated carbocycles. The van der Waals surface area contributed by atoms with Crippen molar-refractivity contribution in [2.75, 3.05) is 115 Å². The van der Waals surface area contributed by atoms with Gasteiger partial charge in [0.15, 0.2) is 11.5 Å². The van der Waals surface area contributed by atoms with Crippen molar-refractivity contribution < 1.29 is 85.9 Å². The molecule has 0 spiro atoms. The molecule has 12 fully saturated rings. The third-order valence-corrected chi connectivity index (χ3v) is 33.4. The summed E-state index contributed by atoms with van der Waals surface area (Å²) in [6, 6.07) is 44.3. The number of aliphatic hydroxyl groups excluding tert-OH is 4. The zero-order chi connectivity index (χ0) is 99.2. The minimum Gasteiger partial charge on any atom is -0.497 e. The Hall–Kier alpha value is -12.0. The van der Waals surface area contributed by atoms with Crippen molar-refractivity contribution in [1.82, 2.24) is 34.9 Å². The number of halogens is 2. The number of nitro groups is 1. The molecule has 29 heteroatoms. The van der Waals surface area contributed by atoms with E-state index < -0.39 is 24.4 Å². The number of piperidine rings is 12. The van der Waals surface area contributed by atoms with Crippen LogP contribution in [0.5, 0.6) is 52.1 Å². The van der Waals surface area contributed by atoms with Crippen molar-refractivity contribution in [2.45, 2.75) is 140 Å². The summed E-state index contributed by atoms with van der Waals surface area (Å²) in [4.78, 5) is 43.3. The van der Waals surface area contributed by atoms with E-state index in [0.29, 0.717) is 129 Å². The van der Waals surface area contributed by atoms with E-state index in [-0.39, 0.29) is 70.4 Å². The number of nitrogens with zero attached hydrogens (tertiary/aromatic N) is 12. The van der Waals surface area contributed by atoms with Crippen molar-refractivity contribution in [3.8, 4) is 52.1 Å². The first-order chi connectivity index (χ1) is 68.4. The fraction of sp³-hybridized carbons (Fsp3) is 0.405. The Morgan fingerprint density at radius 3 is 1.11 bits per heavy atom. The van der Waals surface area contributed by atoms with E-state index in [2.05, 4.69) is 80.5 Å². The lowest BCUT2D eigenvalue weighted by atomic mass is 9.71. The average molecular weight is 2020 g/mol. The number of hydrogen-bond donors (Lipinski definition) is 4. The van der Waals surface area contributed by atoms with Crippen LogP contribution in [0.2, 0.25) is 10.0 Å². The van der Waals surface area contributed by atoms with Gasteiger partial charge in [0.2, 0.25) is 5.88 Å². The van der Waals surface area contributed by atoms with E-state index in [1.807, 2.05) is 160 Å². The SMILES string of the molecule is C=CC1C[N+]2(Cc3cc(OC)c(OC)cc3[N+](=O)[O-])CCC1C[C@H]2[C@H](O)c1ccnc2ccc(OC)cc12.C=CC1C[N+]2(Cc3cc(OCC)nc(OCC)n3)CCC1C[C@H]2[C@H](O)c1ccnc2ccc(OC)cc12.C=CC1C[N+]2(Cc3ccc(OC)c(Cl)c3Cl)CCC1C[C@H]2[C@H](O)c1ccnc2ccc(OC)cc12.C=CC1C[N+]2(Cc3cccnc3)CCC1C[C@H]2[C@H](O)c1ccnc2ccc(OC)cc12.[CH3-].[CH3-].[CH3-].[CH3-]. The maximum atomic E-state index is 12.1. The number of ether oxygens (including phenoxy) is 9. The van der Waals surface area contributed by atoms with Crippen LogP contribution >= 0.6 is 23.2 Å². The van der Waals surface area contributed by atoms with Crippen LogP contribution in [0.4, 0.5) is 5.69 Å². The number of methoxy groups -OCH3 is 7. The molecule has 772 valence electrons. The van der Waals surface area contributed by atoms with Gasteiger partial charge in [0.05, 0.1) is 159 Å². The molecule has 4 N–H and O–H groups in total. The number of nitro benzene ring substituents is 1. The van der Waals surface area contributed by atoms with Gasteiger partial charge in [-0.25, -0.2) is 0 Å². The number of aliphatic hydroxyl groups is 4. The van der Waals surface area contributed by atoms with Gasteiger partial charge in [-0.15, -0.1) is 26.3 Å². The van der Waals surface area contributed by atoms with Crippen LogP contribution in [-0.4, -0.2) is 218 Å². The zero-order valence-corrected chi connectivity index (χ0v) is 87.6. The van der Waals surface area contributed by atoms with Gasteiger partial charge in [-0.1, -0.05) is 53.6 Å². The Kier molecular flexibility index (Phi) is 36.2. The molecule has 18 heterocycles. The second kappa shape index (κ2) is 47.7. The summed E-state index contributed by atoms with van der Waals surface area (Å²) in [5.74, 6) is 8.47. The van der Waals surface area contributed by atoms with Crippen molar-refractivity contribution in [1.29, 1.82) is 0 Å². The topological polar surface area (TPSA) is 297 Å². The highest BCUT2D eigenvalue weighted by atomic mass is 35.5. The number of aromatic nitrogens is 7. The Bertz CT molecular complexity index is 6530. The first kappa shape index (κ1) is 110. The van der Waals surface area contributed by atoms with Gasteiger partial charge in [0, 0.05) is 151 Å². The van der Waals surface area contributed by atoms with Crippen molar-refractivity contribution >= 4 is 72.5 Å². The van der Waals surface area contributed by atoms with Gasteiger partial charge in [-0.05, 0) is 181 Å². The molecule has 8 bridgehead atoms.